The number of hydrogen-bond acceptors (Lipinski definition) is 1. The third-order valence-corrected chi connectivity index (χ3v) is 4.50. The maximum Gasteiger partial charge on any atom is 0.0648 e. The Balaban J connectivity index is 2.15. The largest absolute Gasteiger partial charge is 0.308 e. The molecule has 92 valence electrons. The van der Waals surface area contributed by atoms with Gasteiger partial charge in [-0.3, -0.25) is 0 Å². The van der Waals surface area contributed by atoms with E-state index in [-0.39, 0.29) is 0 Å². The van der Waals surface area contributed by atoms with Gasteiger partial charge >= 0.3 is 0 Å². The number of hydrogen-bond donors (Lipinski definition) is 0. The van der Waals surface area contributed by atoms with Crippen molar-refractivity contribution in [3.8, 4) is 5.69 Å². The molecular weight excluding hydrogens is 250 g/mol. The highest BCUT2D eigenvalue weighted by atomic mass is 32.1. The van der Waals surface area contributed by atoms with Crippen LogP contribution in [0.4, 0.5) is 0 Å². The van der Waals surface area contributed by atoms with Crippen molar-refractivity contribution in [3.05, 3.63) is 65.5 Å². The van der Waals surface area contributed by atoms with E-state index in [1.54, 1.807) is 0 Å². The smallest absolute Gasteiger partial charge is 0.0648 e. The predicted octanol–water partition coefficient (Wildman–Crippen LogP) is 5.15. The zero-order valence-corrected chi connectivity index (χ0v) is 11.4. The number of para-hydroxylation sites is 1. The SMILES string of the molecule is Cc1ccc(-n2c3ccccc3c3sccc32)cc1. The average molecular weight is 263 g/mol. The maximum atomic E-state index is 2.35. The number of thiophene rings is 1. The monoisotopic (exact) mass is 263 g/mol. The van der Waals surface area contributed by atoms with Gasteiger partial charge in [-0.25, -0.2) is 0 Å². The Morgan fingerprint density at radius 1 is 0.842 bits per heavy atom. The lowest BCUT2D eigenvalue weighted by atomic mass is 10.2. The molecule has 19 heavy (non-hydrogen) atoms. The van der Waals surface area contributed by atoms with Crippen molar-refractivity contribution in [2.24, 2.45) is 0 Å². The minimum atomic E-state index is 1.23. The molecule has 0 aliphatic heterocycles. The molecule has 2 aromatic carbocycles. The Bertz CT molecular complexity index is 865. The van der Waals surface area contributed by atoms with Crippen molar-refractivity contribution in [2.45, 2.75) is 6.92 Å². The van der Waals surface area contributed by atoms with Crippen molar-refractivity contribution < 1.29 is 0 Å². The molecule has 0 amide bonds. The molecule has 2 heterocycles. The van der Waals surface area contributed by atoms with Crippen LogP contribution in [0.2, 0.25) is 0 Å². The van der Waals surface area contributed by atoms with Crippen molar-refractivity contribution >= 4 is 32.5 Å². The molecule has 0 saturated heterocycles. The quantitative estimate of drug-likeness (QED) is 0.447. The number of aromatic nitrogens is 1. The lowest BCUT2D eigenvalue weighted by Crippen LogP contribution is -1.92. The van der Waals surface area contributed by atoms with Gasteiger partial charge in [0.15, 0.2) is 0 Å². The Hall–Kier alpha value is -2.06. The number of aryl methyl sites for hydroxylation is 1. The Morgan fingerprint density at radius 2 is 1.63 bits per heavy atom. The molecule has 0 unspecified atom stereocenters. The molecule has 0 fully saturated rings. The van der Waals surface area contributed by atoms with Gasteiger partial charge in [0.25, 0.3) is 0 Å². The van der Waals surface area contributed by atoms with E-state index < -0.39 is 0 Å². The van der Waals surface area contributed by atoms with Crippen LogP contribution in [0.3, 0.4) is 0 Å². The standard InChI is InChI=1S/C17H13NS/c1-12-6-8-13(9-7-12)18-15-5-3-2-4-14(15)17-16(18)10-11-19-17/h2-11H,1H3. The van der Waals surface area contributed by atoms with Crippen LogP contribution in [0.25, 0.3) is 26.8 Å². The fourth-order valence-electron chi connectivity index (χ4n) is 2.64. The van der Waals surface area contributed by atoms with Gasteiger partial charge in [-0.2, -0.15) is 0 Å². The highest BCUT2D eigenvalue weighted by molar-refractivity contribution is 7.18. The van der Waals surface area contributed by atoms with Gasteiger partial charge in [-0.1, -0.05) is 35.9 Å². The second-order valence-electron chi connectivity index (χ2n) is 4.82. The van der Waals surface area contributed by atoms with Crippen LogP contribution in [0.5, 0.6) is 0 Å². The summed E-state index contributed by atoms with van der Waals surface area (Å²) in [5.41, 5.74) is 5.11. The average Bonchev–Trinajstić information content (AvgIpc) is 3.00. The van der Waals surface area contributed by atoms with E-state index in [0.29, 0.717) is 0 Å². The van der Waals surface area contributed by atoms with E-state index in [4.69, 9.17) is 0 Å². The highest BCUT2D eigenvalue weighted by Gasteiger charge is 2.12. The fraction of sp³-hybridized carbons (Fsp3) is 0.0588. The first kappa shape index (κ1) is 10.8. The third kappa shape index (κ3) is 1.53. The van der Waals surface area contributed by atoms with E-state index in [0.717, 1.165) is 0 Å². The number of benzene rings is 2. The summed E-state index contributed by atoms with van der Waals surface area (Å²) in [4.78, 5) is 0. The van der Waals surface area contributed by atoms with Crippen molar-refractivity contribution in [1.29, 1.82) is 0 Å². The van der Waals surface area contributed by atoms with E-state index >= 15 is 0 Å². The Labute approximate surface area is 115 Å². The van der Waals surface area contributed by atoms with E-state index in [1.165, 1.54) is 32.4 Å². The van der Waals surface area contributed by atoms with E-state index in [9.17, 15) is 0 Å². The lowest BCUT2D eigenvalue weighted by molar-refractivity contribution is 1.18. The molecule has 4 rings (SSSR count). The lowest BCUT2D eigenvalue weighted by Gasteiger charge is -2.07. The van der Waals surface area contributed by atoms with Crippen LogP contribution in [-0.2, 0) is 0 Å². The summed E-state index contributed by atoms with van der Waals surface area (Å²) in [7, 11) is 0. The summed E-state index contributed by atoms with van der Waals surface area (Å²) in [6, 6.07) is 19.6. The Morgan fingerprint density at radius 3 is 2.47 bits per heavy atom. The molecule has 0 saturated carbocycles. The number of nitrogens with zero attached hydrogens (tertiary/aromatic N) is 1. The van der Waals surface area contributed by atoms with E-state index in [2.05, 4.69) is 71.5 Å². The van der Waals surface area contributed by atoms with Crippen LogP contribution in [0.1, 0.15) is 5.56 Å². The summed E-state index contributed by atoms with van der Waals surface area (Å²) in [5, 5.41) is 3.51. The molecule has 2 heteroatoms. The molecule has 0 spiro atoms. The summed E-state index contributed by atoms with van der Waals surface area (Å²) in [6.07, 6.45) is 0. The van der Waals surface area contributed by atoms with Gasteiger partial charge in [-0.05, 0) is 36.6 Å². The molecule has 4 aromatic rings. The number of rotatable bonds is 1. The minimum absolute atomic E-state index is 1.23. The van der Waals surface area contributed by atoms with Crippen molar-refractivity contribution in [2.75, 3.05) is 0 Å². The summed E-state index contributed by atoms with van der Waals surface area (Å²) in [6.45, 7) is 2.12. The first-order valence-electron chi connectivity index (χ1n) is 6.38. The number of fused-ring (bicyclic) bond motifs is 3. The van der Waals surface area contributed by atoms with Crippen LogP contribution >= 0.6 is 11.3 Å². The molecule has 0 aliphatic carbocycles. The van der Waals surface area contributed by atoms with Gasteiger partial charge in [0.2, 0.25) is 0 Å². The summed E-state index contributed by atoms with van der Waals surface area (Å²) < 4.78 is 3.72. The first-order chi connectivity index (χ1) is 9.34. The minimum Gasteiger partial charge on any atom is -0.308 e. The zero-order valence-electron chi connectivity index (χ0n) is 10.6. The molecule has 0 atom stereocenters. The van der Waals surface area contributed by atoms with Crippen molar-refractivity contribution in [1.82, 2.24) is 4.57 Å². The zero-order chi connectivity index (χ0) is 12.8. The van der Waals surface area contributed by atoms with Crippen LogP contribution < -0.4 is 0 Å². The highest BCUT2D eigenvalue weighted by Crippen LogP contribution is 2.35. The van der Waals surface area contributed by atoms with Crippen molar-refractivity contribution in [3.63, 3.8) is 0 Å². The van der Waals surface area contributed by atoms with Crippen LogP contribution in [0.15, 0.2) is 60.0 Å². The summed E-state index contributed by atoms with van der Waals surface area (Å²) >= 11 is 1.81. The second-order valence-corrected chi connectivity index (χ2v) is 5.74. The molecule has 2 aromatic heterocycles. The first-order valence-corrected chi connectivity index (χ1v) is 7.26. The van der Waals surface area contributed by atoms with Gasteiger partial charge in [0.05, 0.1) is 15.7 Å². The molecular formula is C17H13NS. The molecule has 1 nitrogen and oxygen atoms in total. The Kier molecular flexibility index (Phi) is 2.26. The maximum absolute atomic E-state index is 2.35. The molecule has 0 aliphatic rings. The van der Waals surface area contributed by atoms with Gasteiger partial charge in [0, 0.05) is 11.1 Å². The topological polar surface area (TPSA) is 4.93 Å². The third-order valence-electron chi connectivity index (χ3n) is 3.57. The van der Waals surface area contributed by atoms with E-state index in [1.807, 2.05) is 11.3 Å². The fourth-order valence-corrected chi connectivity index (χ4v) is 3.56. The molecule has 0 radical (unpaired) electrons. The van der Waals surface area contributed by atoms with Gasteiger partial charge in [-0.15, -0.1) is 11.3 Å². The van der Waals surface area contributed by atoms with Gasteiger partial charge in [0.1, 0.15) is 0 Å². The van der Waals surface area contributed by atoms with Gasteiger partial charge < -0.3 is 4.57 Å². The van der Waals surface area contributed by atoms with Crippen LogP contribution in [-0.4, -0.2) is 4.57 Å². The molecule has 0 bridgehead atoms. The predicted molar refractivity (Wildman–Crippen MR) is 83.4 cm³/mol. The van der Waals surface area contributed by atoms with Crippen LogP contribution in [0, 0.1) is 6.92 Å². The summed E-state index contributed by atoms with van der Waals surface area (Å²) in [5.74, 6) is 0. The molecule has 0 N–H and O–H groups in total. The normalized spacial score (nSPS) is 11.4. The second kappa shape index (κ2) is 3.97.